The summed E-state index contributed by atoms with van der Waals surface area (Å²) in [6.07, 6.45) is 2.02. The quantitative estimate of drug-likeness (QED) is 0.923. The van der Waals surface area contributed by atoms with Gasteiger partial charge >= 0.3 is 5.97 Å². The second kappa shape index (κ2) is 6.58. The van der Waals surface area contributed by atoms with Crippen molar-refractivity contribution >= 4 is 5.97 Å². The molecule has 2 aliphatic rings. The van der Waals surface area contributed by atoms with Crippen LogP contribution in [0, 0.1) is 17.8 Å². The van der Waals surface area contributed by atoms with Gasteiger partial charge in [0.1, 0.15) is 0 Å². The molecule has 1 aromatic carbocycles. The summed E-state index contributed by atoms with van der Waals surface area (Å²) in [6, 6.07) is 10.3. The van der Waals surface area contributed by atoms with Crippen LogP contribution in [0.3, 0.4) is 0 Å². The van der Waals surface area contributed by atoms with Crippen LogP contribution >= 0.6 is 0 Å². The third kappa shape index (κ3) is 3.44. The number of ether oxygens (including phenoxy) is 1. The lowest BCUT2D eigenvalue weighted by atomic mass is 9.80. The van der Waals surface area contributed by atoms with Crippen LogP contribution in [-0.2, 0) is 16.1 Å². The Morgan fingerprint density at radius 2 is 1.90 bits per heavy atom. The summed E-state index contributed by atoms with van der Waals surface area (Å²) in [7, 11) is 0. The van der Waals surface area contributed by atoms with Crippen molar-refractivity contribution in [3.63, 3.8) is 0 Å². The van der Waals surface area contributed by atoms with Crippen molar-refractivity contribution < 1.29 is 14.6 Å². The Morgan fingerprint density at radius 1 is 1.19 bits per heavy atom. The lowest BCUT2D eigenvalue weighted by Gasteiger charge is -2.29. The molecule has 4 nitrogen and oxygen atoms in total. The zero-order valence-corrected chi connectivity index (χ0v) is 12.3. The summed E-state index contributed by atoms with van der Waals surface area (Å²) in [5.74, 6) is -0.0883. The molecule has 2 saturated heterocycles. The molecule has 1 N–H and O–H groups in total. The van der Waals surface area contributed by atoms with Crippen molar-refractivity contribution in [1.82, 2.24) is 4.90 Å². The Kier molecular flexibility index (Phi) is 4.56. The van der Waals surface area contributed by atoms with Gasteiger partial charge in [-0.15, -0.1) is 0 Å². The highest BCUT2D eigenvalue weighted by Crippen LogP contribution is 2.36. The monoisotopic (exact) mass is 289 g/mol. The Balaban J connectivity index is 1.67. The average molecular weight is 289 g/mol. The van der Waals surface area contributed by atoms with Crippen LogP contribution in [0.5, 0.6) is 0 Å². The van der Waals surface area contributed by atoms with E-state index in [1.807, 2.05) is 18.2 Å². The number of benzene rings is 1. The lowest BCUT2D eigenvalue weighted by molar-refractivity contribution is -0.143. The van der Waals surface area contributed by atoms with E-state index in [1.165, 1.54) is 5.56 Å². The largest absolute Gasteiger partial charge is 0.481 e. The van der Waals surface area contributed by atoms with E-state index in [2.05, 4.69) is 17.0 Å². The maximum atomic E-state index is 11.6. The van der Waals surface area contributed by atoms with Crippen molar-refractivity contribution in [3.8, 4) is 0 Å². The minimum absolute atomic E-state index is 0.225. The van der Waals surface area contributed by atoms with Crippen LogP contribution < -0.4 is 0 Å². The molecular formula is C17H23NO3. The number of carboxylic acids is 1. The molecule has 0 aromatic heterocycles. The molecule has 0 amide bonds. The van der Waals surface area contributed by atoms with E-state index in [9.17, 15) is 9.90 Å². The van der Waals surface area contributed by atoms with Crippen molar-refractivity contribution in [2.24, 2.45) is 17.8 Å². The van der Waals surface area contributed by atoms with Crippen LogP contribution in [0.4, 0.5) is 0 Å². The summed E-state index contributed by atoms with van der Waals surface area (Å²) < 4.78 is 5.42. The second-order valence-electron chi connectivity index (χ2n) is 6.24. The second-order valence-corrected chi connectivity index (χ2v) is 6.24. The molecule has 0 bridgehead atoms. The van der Waals surface area contributed by atoms with Crippen molar-refractivity contribution in [2.45, 2.75) is 19.4 Å². The Hall–Kier alpha value is -1.39. The van der Waals surface area contributed by atoms with Crippen LogP contribution in [0.25, 0.3) is 0 Å². The molecule has 0 spiro atoms. The molecule has 2 aliphatic heterocycles. The average Bonchev–Trinajstić information content (AvgIpc) is 2.93. The van der Waals surface area contributed by atoms with E-state index < -0.39 is 5.97 Å². The molecule has 2 atom stereocenters. The Bertz CT molecular complexity index is 470. The zero-order valence-electron chi connectivity index (χ0n) is 12.3. The molecule has 0 unspecified atom stereocenters. The highest BCUT2D eigenvalue weighted by atomic mass is 16.5. The fraction of sp³-hybridized carbons (Fsp3) is 0.588. The number of carboxylic acid groups (broad SMARTS) is 1. The first-order chi connectivity index (χ1) is 10.2. The summed E-state index contributed by atoms with van der Waals surface area (Å²) in [5.41, 5.74) is 1.26. The summed E-state index contributed by atoms with van der Waals surface area (Å²) >= 11 is 0. The van der Waals surface area contributed by atoms with Gasteiger partial charge in [-0.25, -0.2) is 0 Å². The van der Waals surface area contributed by atoms with Crippen LogP contribution in [0.1, 0.15) is 18.4 Å². The number of aliphatic carboxylic acids is 1. The molecule has 2 heterocycles. The third-order valence-electron chi connectivity index (χ3n) is 4.88. The van der Waals surface area contributed by atoms with E-state index >= 15 is 0 Å². The number of hydrogen-bond donors (Lipinski definition) is 1. The van der Waals surface area contributed by atoms with Crippen molar-refractivity contribution in [2.75, 3.05) is 26.3 Å². The highest BCUT2D eigenvalue weighted by Gasteiger charge is 2.41. The van der Waals surface area contributed by atoms with Crippen LogP contribution in [0.15, 0.2) is 30.3 Å². The highest BCUT2D eigenvalue weighted by molar-refractivity contribution is 5.71. The van der Waals surface area contributed by atoms with E-state index in [-0.39, 0.29) is 11.8 Å². The first-order valence-electron chi connectivity index (χ1n) is 7.81. The van der Waals surface area contributed by atoms with Crippen molar-refractivity contribution in [3.05, 3.63) is 35.9 Å². The molecule has 3 rings (SSSR count). The van der Waals surface area contributed by atoms with Crippen molar-refractivity contribution in [1.29, 1.82) is 0 Å². The van der Waals surface area contributed by atoms with E-state index in [0.717, 1.165) is 39.1 Å². The minimum Gasteiger partial charge on any atom is -0.481 e. The summed E-state index contributed by atoms with van der Waals surface area (Å²) in [6.45, 7) is 3.99. The molecule has 0 aliphatic carbocycles. The fourth-order valence-electron chi connectivity index (χ4n) is 3.77. The zero-order chi connectivity index (χ0) is 14.7. The van der Waals surface area contributed by atoms with Crippen LogP contribution in [0.2, 0.25) is 0 Å². The van der Waals surface area contributed by atoms with E-state index in [4.69, 9.17) is 4.74 Å². The first-order valence-corrected chi connectivity index (χ1v) is 7.81. The summed E-state index contributed by atoms with van der Waals surface area (Å²) in [5, 5.41) is 9.54. The van der Waals surface area contributed by atoms with Gasteiger partial charge in [0.15, 0.2) is 0 Å². The van der Waals surface area contributed by atoms with Gasteiger partial charge in [0, 0.05) is 32.8 Å². The normalized spacial score (nSPS) is 27.8. The molecule has 4 heteroatoms. The maximum absolute atomic E-state index is 11.6. The van der Waals surface area contributed by atoms with Gasteiger partial charge < -0.3 is 9.84 Å². The standard InChI is InChI=1S/C17H23NO3/c19-17(20)16-12-18(10-13-4-2-1-3-5-13)11-15(16)14-6-8-21-9-7-14/h1-5,14-16H,6-12H2,(H,19,20)/t15-,16+/m0/s1. The predicted molar refractivity (Wildman–Crippen MR) is 79.9 cm³/mol. The van der Waals surface area contributed by atoms with E-state index in [0.29, 0.717) is 12.5 Å². The maximum Gasteiger partial charge on any atom is 0.308 e. The SMILES string of the molecule is O=C(O)[C@@H]1CN(Cc2ccccc2)C[C@H]1C1CCOCC1. The number of likely N-dealkylation sites (tertiary alicyclic amines) is 1. The third-order valence-corrected chi connectivity index (χ3v) is 4.88. The predicted octanol–water partition coefficient (Wildman–Crippen LogP) is 2.25. The molecule has 21 heavy (non-hydrogen) atoms. The molecule has 114 valence electrons. The Labute approximate surface area is 125 Å². The topological polar surface area (TPSA) is 49.8 Å². The smallest absolute Gasteiger partial charge is 0.308 e. The number of hydrogen-bond acceptors (Lipinski definition) is 3. The molecule has 0 radical (unpaired) electrons. The number of rotatable bonds is 4. The van der Waals surface area contributed by atoms with Gasteiger partial charge in [-0.1, -0.05) is 30.3 Å². The summed E-state index contributed by atoms with van der Waals surface area (Å²) in [4.78, 5) is 13.9. The van der Waals surface area contributed by atoms with Gasteiger partial charge in [-0.05, 0) is 30.2 Å². The van der Waals surface area contributed by atoms with Gasteiger partial charge in [0.25, 0.3) is 0 Å². The van der Waals surface area contributed by atoms with Crippen LogP contribution in [-0.4, -0.2) is 42.3 Å². The number of nitrogens with zero attached hydrogens (tertiary/aromatic N) is 1. The van der Waals surface area contributed by atoms with Gasteiger partial charge in [-0.2, -0.15) is 0 Å². The lowest BCUT2D eigenvalue weighted by Crippen LogP contribution is -2.31. The van der Waals surface area contributed by atoms with Gasteiger partial charge in [0.05, 0.1) is 5.92 Å². The van der Waals surface area contributed by atoms with Gasteiger partial charge in [-0.3, -0.25) is 9.69 Å². The fourth-order valence-corrected chi connectivity index (χ4v) is 3.77. The molecular weight excluding hydrogens is 266 g/mol. The number of carbonyl (C=O) groups is 1. The first kappa shape index (κ1) is 14.5. The van der Waals surface area contributed by atoms with E-state index in [1.54, 1.807) is 0 Å². The Morgan fingerprint density at radius 3 is 2.57 bits per heavy atom. The molecule has 0 saturated carbocycles. The van der Waals surface area contributed by atoms with Gasteiger partial charge in [0.2, 0.25) is 0 Å². The minimum atomic E-state index is -0.637. The molecule has 2 fully saturated rings. The molecule has 1 aromatic rings.